The van der Waals surface area contributed by atoms with Gasteiger partial charge in [0.15, 0.2) is 5.75 Å². The van der Waals surface area contributed by atoms with Crippen molar-refractivity contribution in [3.05, 3.63) is 53.6 Å². The molecule has 156 valence electrons. The van der Waals surface area contributed by atoms with Gasteiger partial charge in [0, 0.05) is 5.56 Å². The summed E-state index contributed by atoms with van der Waals surface area (Å²) in [5.74, 6) is 7.43. The van der Waals surface area contributed by atoms with Crippen molar-refractivity contribution in [2.45, 2.75) is 84.5 Å². The first-order chi connectivity index (χ1) is 14.3. The van der Waals surface area contributed by atoms with E-state index in [4.69, 9.17) is 4.74 Å². The minimum Gasteiger partial charge on any atom is -0.490 e. The number of rotatable bonds is 13. The van der Waals surface area contributed by atoms with Crippen LogP contribution in [0.2, 0.25) is 0 Å². The van der Waals surface area contributed by atoms with Crippen molar-refractivity contribution in [2.24, 2.45) is 0 Å². The van der Waals surface area contributed by atoms with Gasteiger partial charge < -0.3 is 4.74 Å². The highest BCUT2D eigenvalue weighted by molar-refractivity contribution is 5.39. The third kappa shape index (κ3) is 10.1. The molecule has 0 bridgehead atoms. The molecule has 0 fully saturated rings. The van der Waals surface area contributed by atoms with Gasteiger partial charge in [-0.2, -0.15) is 0 Å². The highest BCUT2D eigenvalue weighted by Crippen LogP contribution is 2.11. The average Bonchev–Trinajstić information content (AvgIpc) is 2.76. The molecule has 0 saturated carbocycles. The van der Waals surface area contributed by atoms with Crippen molar-refractivity contribution >= 4 is 0 Å². The molecule has 1 heterocycles. The summed E-state index contributed by atoms with van der Waals surface area (Å²) in [6, 6.07) is 8.52. The Morgan fingerprint density at radius 3 is 2.03 bits per heavy atom. The lowest BCUT2D eigenvalue weighted by Crippen LogP contribution is -1.99. The molecular weight excluding hydrogens is 356 g/mol. The Hall–Kier alpha value is -2.34. The molecule has 0 spiro atoms. The van der Waals surface area contributed by atoms with E-state index in [0.717, 1.165) is 30.8 Å². The van der Waals surface area contributed by atoms with Crippen LogP contribution in [-0.4, -0.2) is 16.6 Å². The van der Waals surface area contributed by atoms with Crippen LogP contribution in [-0.2, 0) is 6.42 Å². The van der Waals surface area contributed by atoms with Crippen LogP contribution in [0.25, 0.3) is 0 Å². The number of aromatic nitrogens is 2. The predicted molar refractivity (Wildman–Crippen MR) is 121 cm³/mol. The van der Waals surface area contributed by atoms with Gasteiger partial charge in [-0.1, -0.05) is 83.3 Å². The van der Waals surface area contributed by atoms with Crippen molar-refractivity contribution in [1.82, 2.24) is 9.97 Å². The van der Waals surface area contributed by atoms with Crippen molar-refractivity contribution in [1.29, 1.82) is 0 Å². The van der Waals surface area contributed by atoms with Crippen LogP contribution < -0.4 is 4.74 Å². The number of benzene rings is 1. The molecule has 1 aromatic carbocycles. The van der Waals surface area contributed by atoms with Gasteiger partial charge in [-0.3, -0.25) is 0 Å². The van der Waals surface area contributed by atoms with Crippen LogP contribution >= 0.6 is 0 Å². The smallest absolute Gasteiger partial charge is 0.205 e. The number of nitrogens with zero attached hydrogens (tertiary/aromatic N) is 2. The zero-order chi connectivity index (χ0) is 20.6. The van der Waals surface area contributed by atoms with E-state index in [9.17, 15) is 0 Å². The van der Waals surface area contributed by atoms with Crippen LogP contribution in [0.1, 0.15) is 95.0 Å². The van der Waals surface area contributed by atoms with Crippen LogP contribution in [0.3, 0.4) is 0 Å². The van der Waals surface area contributed by atoms with Crippen molar-refractivity contribution in [2.75, 3.05) is 6.61 Å². The Balaban J connectivity index is 1.72. The summed E-state index contributed by atoms with van der Waals surface area (Å²) in [7, 11) is 0. The first-order valence-corrected chi connectivity index (χ1v) is 11.4. The molecule has 2 rings (SSSR count). The third-order valence-corrected chi connectivity index (χ3v) is 4.99. The molecule has 3 nitrogen and oxygen atoms in total. The summed E-state index contributed by atoms with van der Waals surface area (Å²) >= 11 is 0. The molecule has 0 aliphatic heterocycles. The number of hydrogen-bond donors (Lipinski definition) is 0. The fraction of sp³-hybridized carbons (Fsp3) is 0.538. The van der Waals surface area contributed by atoms with E-state index in [0.29, 0.717) is 5.82 Å². The molecule has 1 aromatic heterocycles. The van der Waals surface area contributed by atoms with Gasteiger partial charge in [-0.05, 0) is 42.9 Å². The summed E-state index contributed by atoms with van der Waals surface area (Å²) in [4.78, 5) is 8.60. The van der Waals surface area contributed by atoms with Crippen LogP contribution in [0.4, 0.5) is 0 Å². The first-order valence-electron chi connectivity index (χ1n) is 11.4. The van der Waals surface area contributed by atoms with Crippen molar-refractivity contribution in [3.63, 3.8) is 0 Å². The summed E-state index contributed by atoms with van der Waals surface area (Å²) in [5.41, 5.74) is 2.38. The molecule has 0 saturated heterocycles. The molecule has 0 unspecified atom stereocenters. The summed E-state index contributed by atoms with van der Waals surface area (Å²) < 4.78 is 5.72. The maximum absolute atomic E-state index is 5.72. The molecule has 29 heavy (non-hydrogen) atoms. The quantitative estimate of drug-likeness (QED) is 0.280. The molecule has 0 radical (unpaired) electrons. The first kappa shape index (κ1) is 22.9. The number of unbranched alkanes of at least 4 members (excludes halogenated alkanes) is 8. The highest BCUT2D eigenvalue weighted by atomic mass is 16.5. The zero-order valence-corrected chi connectivity index (χ0v) is 18.3. The lowest BCUT2D eigenvalue weighted by molar-refractivity contribution is 0.302. The predicted octanol–water partition coefficient (Wildman–Crippen LogP) is 6.74. The topological polar surface area (TPSA) is 35.0 Å². The number of hydrogen-bond acceptors (Lipinski definition) is 3. The summed E-state index contributed by atoms with van der Waals surface area (Å²) in [6.45, 7) is 5.21. The number of aryl methyl sites for hydroxylation is 1. The van der Waals surface area contributed by atoms with Gasteiger partial charge in [0.25, 0.3) is 0 Å². The maximum Gasteiger partial charge on any atom is 0.205 e. The second kappa shape index (κ2) is 14.6. The van der Waals surface area contributed by atoms with E-state index >= 15 is 0 Å². The van der Waals surface area contributed by atoms with Crippen LogP contribution in [0.15, 0.2) is 36.7 Å². The molecule has 0 aliphatic rings. The molecule has 3 heteroatoms. The molecule has 0 aliphatic carbocycles. The lowest BCUT2D eigenvalue weighted by Gasteiger charge is -2.05. The standard InChI is InChI=1S/C26H36N2O/c1-3-5-7-9-10-12-20-29-25-21-27-26(28-22-25)19-18-24-16-14-23(15-17-24)13-11-8-6-4-2/h14-17,21-22H,3-13,20H2,1-2H3. The van der Waals surface area contributed by atoms with Gasteiger partial charge in [0.2, 0.25) is 5.82 Å². The monoisotopic (exact) mass is 392 g/mol. The Bertz CT molecular complexity index is 726. The molecule has 0 atom stereocenters. The number of ether oxygens (including phenoxy) is 1. The largest absolute Gasteiger partial charge is 0.490 e. The summed E-state index contributed by atoms with van der Waals surface area (Å²) in [6.07, 6.45) is 17.3. The Morgan fingerprint density at radius 1 is 0.724 bits per heavy atom. The third-order valence-electron chi connectivity index (χ3n) is 4.99. The normalized spacial score (nSPS) is 10.4. The summed E-state index contributed by atoms with van der Waals surface area (Å²) in [5, 5.41) is 0. The Labute approximate surface area is 177 Å². The van der Waals surface area contributed by atoms with Crippen molar-refractivity contribution in [3.8, 4) is 17.6 Å². The van der Waals surface area contributed by atoms with Gasteiger partial charge in [0.05, 0.1) is 19.0 Å². The van der Waals surface area contributed by atoms with E-state index < -0.39 is 0 Å². The molecular formula is C26H36N2O. The maximum atomic E-state index is 5.72. The molecule has 0 amide bonds. The van der Waals surface area contributed by atoms with Gasteiger partial charge in [-0.25, -0.2) is 9.97 Å². The van der Waals surface area contributed by atoms with Gasteiger partial charge in [0.1, 0.15) is 0 Å². The van der Waals surface area contributed by atoms with Gasteiger partial charge >= 0.3 is 0 Å². The van der Waals surface area contributed by atoms with Crippen molar-refractivity contribution < 1.29 is 4.74 Å². The van der Waals surface area contributed by atoms with E-state index in [2.05, 4.69) is 59.9 Å². The molecule has 2 aromatic rings. The van der Waals surface area contributed by atoms with E-state index in [-0.39, 0.29) is 0 Å². The minimum absolute atomic E-state index is 0.528. The van der Waals surface area contributed by atoms with Crippen LogP contribution in [0.5, 0.6) is 5.75 Å². The average molecular weight is 393 g/mol. The van der Waals surface area contributed by atoms with Gasteiger partial charge in [-0.15, -0.1) is 0 Å². The Kier molecular flexibility index (Phi) is 11.6. The molecule has 0 N–H and O–H groups in total. The lowest BCUT2D eigenvalue weighted by atomic mass is 10.0. The fourth-order valence-corrected chi connectivity index (χ4v) is 3.17. The minimum atomic E-state index is 0.528. The second-order valence-electron chi connectivity index (χ2n) is 7.62. The highest BCUT2D eigenvalue weighted by Gasteiger charge is 1.98. The SMILES string of the molecule is CCCCCCCCOc1cnc(C#Cc2ccc(CCCCCC)cc2)nc1. The van der Waals surface area contributed by atoms with E-state index in [1.54, 1.807) is 12.4 Å². The van der Waals surface area contributed by atoms with E-state index in [1.165, 1.54) is 63.4 Å². The zero-order valence-electron chi connectivity index (χ0n) is 18.3. The second-order valence-corrected chi connectivity index (χ2v) is 7.62. The van der Waals surface area contributed by atoms with E-state index in [1.807, 2.05) is 0 Å². The Morgan fingerprint density at radius 2 is 1.34 bits per heavy atom. The van der Waals surface area contributed by atoms with Crippen LogP contribution in [0, 0.1) is 11.8 Å². The fourth-order valence-electron chi connectivity index (χ4n) is 3.17.